The number of carboxylic acid groups (broad SMARTS) is 1. The minimum Gasteiger partial charge on any atom is -0.493 e. The number of rotatable bonds is 9. The Balaban J connectivity index is 0.00000341. The lowest BCUT2D eigenvalue weighted by Crippen LogP contribution is -2.13. The van der Waals surface area contributed by atoms with Crippen LogP contribution in [0.15, 0.2) is 60.7 Å². The summed E-state index contributed by atoms with van der Waals surface area (Å²) in [5.41, 5.74) is 2.94. The van der Waals surface area contributed by atoms with E-state index in [9.17, 15) is 9.18 Å². The van der Waals surface area contributed by atoms with Gasteiger partial charge in [0.15, 0.2) is 11.5 Å². The number of carboxylic acids is 1. The second kappa shape index (κ2) is 11.6. The zero-order valence-corrected chi connectivity index (χ0v) is 18.3. The standard InChI is InChI=1S/C23H21ClFNO4.ClH/c1-29-22-10-16(13-26-12-15-2-5-17(6-3-15)23(27)28)4-9-21(22)30-14-18-7-8-19(25)11-20(18)24;/h2-11,26H,12-14H2,1H3,(H,27,28);1H. The molecule has 0 aliphatic carbocycles. The Morgan fingerprint density at radius 2 is 1.68 bits per heavy atom. The third-order valence-electron chi connectivity index (χ3n) is 4.49. The van der Waals surface area contributed by atoms with Crippen molar-refractivity contribution < 1.29 is 23.8 Å². The molecule has 0 aliphatic rings. The number of nitrogens with one attached hydrogen (secondary N) is 1. The molecule has 3 rings (SSSR count). The van der Waals surface area contributed by atoms with Crippen molar-refractivity contribution in [3.63, 3.8) is 0 Å². The SMILES string of the molecule is COc1cc(CNCc2ccc(C(=O)O)cc2)ccc1OCc1ccc(F)cc1Cl.Cl. The summed E-state index contributed by atoms with van der Waals surface area (Å²) in [7, 11) is 1.56. The number of aromatic carboxylic acids is 1. The van der Waals surface area contributed by atoms with Gasteiger partial charge in [0, 0.05) is 18.7 Å². The number of hydrogen-bond acceptors (Lipinski definition) is 4. The van der Waals surface area contributed by atoms with Crippen LogP contribution >= 0.6 is 24.0 Å². The highest BCUT2D eigenvalue weighted by Gasteiger charge is 2.09. The largest absolute Gasteiger partial charge is 0.493 e. The summed E-state index contributed by atoms with van der Waals surface area (Å²) in [6, 6.07) is 16.5. The van der Waals surface area contributed by atoms with E-state index >= 15 is 0 Å². The molecule has 3 aromatic rings. The van der Waals surface area contributed by atoms with E-state index in [2.05, 4.69) is 5.32 Å². The molecule has 0 aromatic heterocycles. The van der Waals surface area contributed by atoms with Crippen molar-refractivity contribution in [1.29, 1.82) is 0 Å². The molecule has 5 nitrogen and oxygen atoms in total. The van der Waals surface area contributed by atoms with Crippen LogP contribution in [0.2, 0.25) is 5.02 Å². The summed E-state index contributed by atoms with van der Waals surface area (Å²) in [6.45, 7) is 1.39. The van der Waals surface area contributed by atoms with Crippen molar-refractivity contribution in [2.75, 3.05) is 7.11 Å². The highest BCUT2D eigenvalue weighted by atomic mass is 35.5. The molecule has 0 aliphatic heterocycles. The second-order valence-corrected chi connectivity index (χ2v) is 7.02. The van der Waals surface area contributed by atoms with Crippen LogP contribution in [-0.2, 0) is 19.7 Å². The molecule has 8 heteroatoms. The average molecular weight is 466 g/mol. The topological polar surface area (TPSA) is 67.8 Å². The Labute approximate surface area is 191 Å². The molecule has 0 saturated carbocycles. The van der Waals surface area contributed by atoms with Gasteiger partial charge in [-0.25, -0.2) is 9.18 Å². The number of methoxy groups -OCH3 is 1. The van der Waals surface area contributed by atoms with Gasteiger partial charge in [-0.15, -0.1) is 12.4 Å². The van der Waals surface area contributed by atoms with Gasteiger partial charge in [0.1, 0.15) is 12.4 Å². The van der Waals surface area contributed by atoms with Crippen LogP contribution < -0.4 is 14.8 Å². The fourth-order valence-electron chi connectivity index (χ4n) is 2.85. The van der Waals surface area contributed by atoms with Gasteiger partial charge in [-0.1, -0.05) is 35.9 Å². The molecule has 0 fully saturated rings. The summed E-state index contributed by atoms with van der Waals surface area (Å²) in [5, 5.41) is 12.6. The first-order chi connectivity index (χ1) is 14.5. The van der Waals surface area contributed by atoms with Gasteiger partial charge < -0.3 is 19.9 Å². The monoisotopic (exact) mass is 465 g/mol. The maximum Gasteiger partial charge on any atom is 0.335 e. The third-order valence-corrected chi connectivity index (χ3v) is 4.84. The molecule has 0 saturated heterocycles. The minimum atomic E-state index is -0.939. The molecular weight excluding hydrogens is 444 g/mol. The maximum atomic E-state index is 13.2. The lowest BCUT2D eigenvalue weighted by molar-refractivity contribution is 0.0697. The number of halogens is 3. The van der Waals surface area contributed by atoms with E-state index in [1.165, 1.54) is 12.1 Å². The normalized spacial score (nSPS) is 10.3. The van der Waals surface area contributed by atoms with Crippen molar-refractivity contribution in [1.82, 2.24) is 5.32 Å². The van der Waals surface area contributed by atoms with E-state index in [-0.39, 0.29) is 24.6 Å². The molecule has 164 valence electrons. The lowest BCUT2D eigenvalue weighted by Gasteiger charge is -2.13. The number of hydrogen-bond donors (Lipinski definition) is 2. The van der Waals surface area contributed by atoms with Crippen molar-refractivity contribution in [3.05, 3.63) is 93.8 Å². The van der Waals surface area contributed by atoms with Crippen molar-refractivity contribution in [3.8, 4) is 11.5 Å². The third kappa shape index (κ3) is 6.85. The van der Waals surface area contributed by atoms with Crippen LogP contribution in [0.25, 0.3) is 0 Å². The molecule has 0 spiro atoms. The molecule has 2 N–H and O–H groups in total. The maximum absolute atomic E-state index is 13.2. The number of ether oxygens (including phenoxy) is 2. The predicted molar refractivity (Wildman–Crippen MR) is 120 cm³/mol. The Bertz CT molecular complexity index is 1030. The van der Waals surface area contributed by atoms with E-state index < -0.39 is 11.8 Å². The first-order valence-corrected chi connectivity index (χ1v) is 9.60. The van der Waals surface area contributed by atoms with Crippen LogP contribution in [0.5, 0.6) is 11.5 Å². The molecule has 0 amide bonds. The van der Waals surface area contributed by atoms with Crippen LogP contribution in [0.4, 0.5) is 4.39 Å². The fraction of sp³-hybridized carbons (Fsp3) is 0.174. The fourth-order valence-corrected chi connectivity index (χ4v) is 3.07. The number of carbonyl (C=O) groups is 1. The molecular formula is C23H22Cl2FNO4. The molecule has 3 aromatic carbocycles. The first-order valence-electron chi connectivity index (χ1n) is 9.23. The number of benzene rings is 3. The van der Waals surface area contributed by atoms with Gasteiger partial charge in [0.05, 0.1) is 17.7 Å². The van der Waals surface area contributed by atoms with E-state index in [4.69, 9.17) is 26.2 Å². The van der Waals surface area contributed by atoms with Crippen LogP contribution in [-0.4, -0.2) is 18.2 Å². The Morgan fingerprint density at radius 1 is 1.00 bits per heavy atom. The highest BCUT2D eigenvalue weighted by molar-refractivity contribution is 6.31. The van der Waals surface area contributed by atoms with Gasteiger partial charge in [-0.05, 0) is 47.5 Å². The van der Waals surface area contributed by atoms with Crippen molar-refractivity contribution >= 4 is 30.0 Å². The van der Waals surface area contributed by atoms with Gasteiger partial charge >= 0.3 is 5.97 Å². The van der Waals surface area contributed by atoms with Gasteiger partial charge in [0.2, 0.25) is 0 Å². The quantitative estimate of drug-likeness (QED) is 0.438. The zero-order valence-electron chi connectivity index (χ0n) is 16.7. The van der Waals surface area contributed by atoms with Crippen LogP contribution in [0.3, 0.4) is 0 Å². The van der Waals surface area contributed by atoms with E-state index in [0.717, 1.165) is 11.1 Å². The summed E-state index contributed by atoms with van der Waals surface area (Å²) in [6.07, 6.45) is 0. The smallest absolute Gasteiger partial charge is 0.335 e. The molecule has 0 radical (unpaired) electrons. The minimum absolute atomic E-state index is 0. The van der Waals surface area contributed by atoms with Crippen LogP contribution in [0.1, 0.15) is 27.0 Å². The summed E-state index contributed by atoms with van der Waals surface area (Å²) < 4.78 is 24.4. The van der Waals surface area contributed by atoms with E-state index in [0.29, 0.717) is 35.2 Å². The summed E-state index contributed by atoms with van der Waals surface area (Å²) in [5.74, 6) is -0.189. The van der Waals surface area contributed by atoms with Gasteiger partial charge in [-0.2, -0.15) is 0 Å². The van der Waals surface area contributed by atoms with E-state index in [1.807, 2.05) is 18.2 Å². The van der Waals surface area contributed by atoms with Crippen molar-refractivity contribution in [2.24, 2.45) is 0 Å². The Kier molecular flexibility index (Phi) is 9.12. The van der Waals surface area contributed by atoms with Gasteiger partial charge in [-0.3, -0.25) is 0 Å². The summed E-state index contributed by atoms with van der Waals surface area (Å²) in [4.78, 5) is 10.9. The first kappa shape index (κ1) is 24.5. The highest BCUT2D eigenvalue weighted by Crippen LogP contribution is 2.29. The molecule has 0 heterocycles. The van der Waals surface area contributed by atoms with Crippen molar-refractivity contribution in [2.45, 2.75) is 19.7 Å². The Morgan fingerprint density at radius 3 is 2.32 bits per heavy atom. The molecule has 0 unspecified atom stereocenters. The molecule has 0 bridgehead atoms. The summed E-state index contributed by atoms with van der Waals surface area (Å²) >= 11 is 6.04. The van der Waals surface area contributed by atoms with E-state index in [1.54, 1.807) is 37.4 Å². The van der Waals surface area contributed by atoms with Crippen LogP contribution in [0, 0.1) is 5.82 Å². The predicted octanol–water partition coefficient (Wildman–Crippen LogP) is 5.48. The Hall–Kier alpha value is -2.80. The molecule has 0 atom stereocenters. The van der Waals surface area contributed by atoms with Gasteiger partial charge in [0.25, 0.3) is 0 Å². The zero-order chi connectivity index (χ0) is 21.5. The second-order valence-electron chi connectivity index (χ2n) is 6.62. The molecule has 31 heavy (non-hydrogen) atoms. The lowest BCUT2D eigenvalue weighted by atomic mass is 10.1. The average Bonchev–Trinajstić information content (AvgIpc) is 2.74.